The van der Waals surface area contributed by atoms with Crippen LogP contribution in [0.3, 0.4) is 0 Å². The lowest BCUT2D eigenvalue weighted by atomic mass is 9.85. The minimum Gasteiger partial charge on any atom is -0.334 e. The van der Waals surface area contributed by atoms with E-state index in [-0.39, 0.29) is 18.0 Å². The largest absolute Gasteiger partial charge is 0.334 e. The summed E-state index contributed by atoms with van der Waals surface area (Å²) in [6.07, 6.45) is 10.5. The lowest BCUT2D eigenvalue weighted by molar-refractivity contribution is 0.238. The molecule has 0 spiro atoms. The fourth-order valence-electron chi connectivity index (χ4n) is 2.88. The number of nitrogens with one attached hydrogen (secondary N) is 2. The van der Waals surface area contributed by atoms with Crippen molar-refractivity contribution in [1.29, 1.82) is 5.26 Å². The Morgan fingerprint density at radius 3 is 3.00 bits per heavy atom. The van der Waals surface area contributed by atoms with Gasteiger partial charge in [0.05, 0.1) is 29.6 Å². The molecule has 2 aromatic heterocycles. The summed E-state index contributed by atoms with van der Waals surface area (Å²) in [5.41, 5.74) is 1.30. The second-order valence-electron chi connectivity index (χ2n) is 5.57. The lowest BCUT2D eigenvalue weighted by Crippen LogP contribution is -2.43. The number of urea groups is 1. The number of hydrogen-bond acceptors (Lipinski definition) is 4. The molecule has 23 heavy (non-hydrogen) atoms. The molecule has 2 N–H and O–H groups in total. The van der Waals surface area contributed by atoms with Gasteiger partial charge >= 0.3 is 6.03 Å². The fraction of sp³-hybridized carbons (Fsp3) is 0.375. The highest BCUT2D eigenvalue weighted by Crippen LogP contribution is 2.24. The average molecular weight is 310 g/mol. The van der Waals surface area contributed by atoms with Crippen LogP contribution in [0.5, 0.6) is 0 Å². The number of nitrogens with zero attached hydrogens (tertiary/aromatic N) is 4. The van der Waals surface area contributed by atoms with E-state index < -0.39 is 0 Å². The van der Waals surface area contributed by atoms with Gasteiger partial charge in [0, 0.05) is 24.6 Å². The van der Waals surface area contributed by atoms with Crippen molar-refractivity contribution < 1.29 is 4.79 Å². The molecular formula is C16H18N6O. The molecule has 1 fully saturated rings. The molecule has 1 saturated carbocycles. The number of amides is 2. The molecule has 2 atom stereocenters. The summed E-state index contributed by atoms with van der Waals surface area (Å²) >= 11 is 0. The first kappa shape index (κ1) is 15.0. The van der Waals surface area contributed by atoms with Gasteiger partial charge in [-0.3, -0.25) is 4.98 Å². The number of pyridine rings is 1. The first-order valence-corrected chi connectivity index (χ1v) is 7.69. The smallest absolute Gasteiger partial charge is 0.319 e. The summed E-state index contributed by atoms with van der Waals surface area (Å²) in [6, 6.07) is 5.46. The first-order valence-electron chi connectivity index (χ1n) is 7.69. The normalized spacial score (nSPS) is 20.5. The molecule has 0 aromatic carbocycles. The molecule has 2 unspecified atom stereocenters. The third-order valence-corrected chi connectivity index (χ3v) is 4.05. The first-order chi connectivity index (χ1) is 11.3. The summed E-state index contributed by atoms with van der Waals surface area (Å²) in [5.74, 6) is -0.117. The molecule has 3 rings (SSSR count). The predicted octanol–water partition coefficient (Wildman–Crippen LogP) is 2.47. The van der Waals surface area contributed by atoms with Crippen molar-refractivity contribution in [3.8, 4) is 11.8 Å². The van der Waals surface area contributed by atoms with Crippen LogP contribution in [0.15, 0.2) is 36.9 Å². The van der Waals surface area contributed by atoms with Crippen molar-refractivity contribution in [2.75, 3.05) is 5.32 Å². The van der Waals surface area contributed by atoms with Crippen molar-refractivity contribution in [2.24, 2.45) is 5.92 Å². The summed E-state index contributed by atoms with van der Waals surface area (Å²) in [6.45, 7) is 0. The van der Waals surface area contributed by atoms with Gasteiger partial charge in [-0.15, -0.1) is 0 Å². The Morgan fingerprint density at radius 2 is 2.22 bits per heavy atom. The van der Waals surface area contributed by atoms with E-state index >= 15 is 0 Å². The Kier molecular flexibility index (Phi) is 4.52. The van der Waals surface area contributed by atoms with Crippen molar-refractivity contribution in [3.05, 3.63) is 36.9 Å². The van der Waals surface area contributed by atoms with Crippen LogP contribution in [0, 0.1) is 17.2 Å². The van der Waals surface area contributed by atoms with Crippen molar-refractivity contribution in [2.45, 2.75) is 31.7 Å². The zero-order valence-corrected chi connectivity index (χ0v) is 12.6. The highest BCUT2D eigenvalue weighted by Gasteiger charge is 2.26. The van der Waals surface area contributed by atoms with Gasteiger partial charge < -0.3 is 10.6 Å². The van der Waals surface area contributed by atoms with E-state index in [2.05, 4.69) is 26.8 Å². The minimum absolute atomic E-state index is 0.0985. The Morgan fingerprint density at radius 1 is 1.35 bits per heavy atom. The quantitative estimate of drug-likeness (QED) is 0.910. The van der Waals surface area contributed by atoms with E-state index in [1.807, 2.05) is 6.07 Å². The fourth-order valence-corrected chi connectivity index (χ4v) is 2.88. The van der Waals surface area contributed by atoms with E-state index in [0.29, 0.717) is 5.69 Å². The van der Waals surface area contributed by atoms with Gasteiger partial charge in [0.2, 0.25) is 0 Å². The number of aromatic nitrogens is 3. The molecular weight excluding hydrogens is 292 g/mol. The maximum atomic E-state index is 12.3. The van der Waals surface area contributed by atoms with Gasteiger partial charge in [-0.25, -0.2) is 9.48 Å². The van der Waals surface area contributed by atoms with Crippen LogP contribution in [0.4, 0.5) is 10.5 Å². The summed E-state index contributed by atoms with van der Waals surface area (Å²) in [7, 11) is 0. The van der Waals surface area contributed by atoms with Gasteiger partial charge in [-0.05, 0) is 25.0 Å². The molecule has 118 valence electrons. The van der Waals surface area contributed by atoms with Crippen LogP contribution in [0.2, 0.25) is 0 Å². The number of nitriles is 1. The van der Waals surface area contributed by atoms with Crippen molar-refractivity contribution >= 4 is 11.7 Å². The predicted molar refractivity (Wildman–Crippen MR) is 84.9 cm³/mol. The maximum absolute atomic E-state index is 12.3. The third-order valence-electron chi connectivity index (χ3n) is 4.05. The van der Waals surface area contributed by atoms with E-state index in [4.69, 9.17) is 0 Å². The van der Waals surface area contributed by atoms with Gasteiger partial charge in [0.15, 0.2) is 0 Å². The Balaban J connectivity index is 1.70. The molecule has 1 aliphatic carbocycles. The molecule has 1 aliphatic rings. The van der Waals surface area contributed by atoms with Gasteiger partial charge in [0.1, 0.15) is 0 Å². The highest BCUT2D eigenvalue weighted by molar-refractivity contribution is 5.91. The highest BCUT2D eigenvalue weighted by atomic mass is 16.2. The van der Waals surface area contributed by atoms with E-state index in [1.54, 1.807) is 35.5 Å². The molecule has 7 heteroatoms. The van der Waals surface area contributed by atoms with Crippen molar-refractivity contribution in [1.82, 2.24) is 20.1 Å². The molecule has 2 amide bonds. The third kappa shape index (κ3) is 3.48. The Hall–Kier alpha value is -2.88. The monoisotopic (exact) mass is 310 g/mol. The zero-order chi connectivity index (χ0) is 16.1. The molecule has 7 nitrogen and oxygen atoms in total. The molecule has 2 heterocycles. The Labute approximate surface area is 134 Å². The zero-order valence-electron chi connectivity index (χ0n) is 12.6. The van der Waals surface area contributed by atoms with Crippen LogP contribution in [0.25, 0.3) is 5.69 Å². The van der Waals surface area contributed by atoms with Gasteiger partial charge in [0.25, 0.3) is 0 Å². The molecule has 0 saturated heterocycles. The standard InChI is InChI=1S/C16H18N6O/c17-10-12-4-1-2-5-13(12)20-16(23)21-14-11-18-8-6-15(14)22-9-3-7-19-22/h3,6-9,11-13H,1-2,4-5H2,(H2,20,21,23). The maximum Gasteiger partial charge on any atom is 0.319 e. The van der Waals surface area contributed by atoms with E-state index in [0.717, 1.165) is 31.4 Å². The van der Waals surface area contributed by atoms with Crippen LogP contribution < -0.4 is 10.6 Å². The van der Waals surface area contributed by atoms with E-state index in [1.165, 1.54) is 0 Å². The lowest BCUT2D eigenvalue weighted by Gasteiger charge is -2.27. The van der Waals surface area contributed by atoms with Crippen LogP contribution in [0.1, 0.15) is 25.7 Å². The van der Waals surface area contributed by atoms with Crippen LogP contribution in [-0.2, 0) is 0 Å². The second-order valence-corrected chi connectivity index (χ2v) is 5.57. The summed E-state index contributed by atoms with van der Waals surface area (Å²) in [5, 5.41) is 19.1. The second kappa shape index (κ2) is 6.92. The molecule has 2 aromatic rings. The number of hydrogen-bond donors (Lipinski definition) is 2. The summed E-state index contributed by atoms with van der Waals surface area (Å²) < 4.78 is 1.66. The number of anilines is 1. The SMILES string of the molecule is N#CC1CCCCC1NC(=O)Nc1cnccc1-n1cccn1. The molecule has 0 aliphatic heterocycles. The molecule has 0 radical (unpaired) electrons. The van der Waals surface area contributed by atoms with Crippen molar-refractivity contribution in [3.63, 3.8) is 0 Å². The van der Waals surface area contributed by atoms with Gasteiger partial charge in [-0.2, -0.15) is 10.4 Å². The topological polar surface area (TPSA) is 95.6 Å². The number of carbonyl (C=O) groups is 1. The van der Waals surface area contributed by atoms with E-state index in [9.17, 15) is 10.1 Å². The van der Waals surface area contributed by atoms with Crippen LogP contribution in [-0.4, -0.2) is 26.8 Å². The number of carbonyl (C=O) groups excluding carboxylic acids is 1. The Bertz CT molecular complexity index is 706. The van der Waals surface area contributed by atoms with Gasteiger partial charge in [-0.1, -0.05) is 12.8 Å². The summed E-state index contributed by atoms with van der Waals surface area (Å²) in [4.78, 5) is 16.3. The molecule has 0 bridgehead atoms. The average Bonchev–Trinajstić information content (AvgIpc) is 3.10. The van der Waals surface area contributed by atoms with Crippen LogP contribution >= 0.6 is 0 Å². The number of rotatable bonds is 3. The minimum atomic E-state index is -0.321.